The van der Waals surface area contributed by atoms with E-state index in [1.165, 1.54) is 18.6 Å². The zero-order chi connectivity index (χ0) is 26.6. The molecule has 4 rings (SSSR count). The Morgan fingerprint density at radius 2 is 1.78 bits per heavy atom. The molecule has 9 nitrogen and oxygen atoms in total. The molecule has 0 radical (unpaired) electrons. The van der Waals surface area contributed by atoms with Gasteiger partial charge in [0.15, 0.2) is 11.5 Å². The number of anilines is 3. The van der Waals surface area contributed by atoms with Crippen LogP contribution in [0.3, 0.4) is 0 Å². The number of aromatic nitrogens is 4. The lowest BCUT2D eigenvalue weighted by Gasteiger charge is -2.11. The van der Waals surface area contributed by atoms with Crippen LogP contribution in [0.4, 0.5) is 30.4 Å². The average molecular weight is 566 g/mol. The Morgan fingerprint density at radius 1 is 1.03 bits per heavy atom. The molecule has 3 N–H and O–H groups in total. The number of hydrogen-bond donors (Lipinski definition) is 4. The van der Waals surface area contributed by atoms with Crippen LogP contribution in [0.5, 0.6) is 0 Å². The zero-order valence-corrected chi connectivity index (χ0v) is 20.8. The molecule has 37 heavy (non-hydrogen) atoms. The highest BCUT2D eigenvalue weighted by molar-refractivity contribution is 7.80. The van der Waals surface area contributed by atoms with Gasteiger partial charge in [0, 0.05) is 28.7 Å². The molecule has 0 fully saturated rings. The third kappa shape index (κ3) is 6.53. The molecule has 0 saturated carbocycles. The van der Waals surface area contributed by atoms with E-state index in [-0.39, 0.29) is 38.5 Å². The van der Waals surface area contributed by atoms with Crippen molar-refractivity contribution in [2.75, 3.05) is 10.6 Å². The van der Waals surface area contributed by atoms with E-state index >= 15 is 0 Å². The summed E-state index contributed by atoms with van der Waals surface area (Å²) >= 11 is 11.1. The third-order valence-corrected chi connectivity index (χ3v) is 6.43. The lowest BCUT2D eigenvalue weighted by Crippen LogP contribution is -2.24. The lowest BCUT2D eigenvalue weighted by molar-refractivity contribution is -0.139. The monoisotopic (exact) mass is 565 g/mol. The van der Waals surface area contributed by atoms with E-state index in [9.17, 15) is 22.8 Å². The van der Waals surface area contributed by atoms with Crippen molar-refractivity contribution >= 4 is 64.6 Å². The van der Waals surface area contributed by atoms with Gasteiger partial charge in [0.25, 0.3) is 11.8 Å². The van der Waals surface area contributed by atoms with Crippen molar-refractivity contribution in [1.29, 1.82) is 0 Å². The number of rotatable bonds is 7. The fraction of sp³-hybridized carbons (Fsp3) is 0.0909. The SMILES string of the molecule is O=C(Nc1ccc(S)c(C(F)(F)F)c1)c1cnc(CNC(=O)c2ncnc(Nc3ccncc3)c2Cl)s1. The van der Waals surface area contributed by atoms with E-state index in [0.29, 0.717) is 10.7 Å². The predicted octanol–water partition coefficient (Wildman–Crippen LogP) is 5.21. The van der Waals surface area contributed by atoms with Crippen molar-refractivity contribution in [2.24, 2.45) is 0 Å². The Hall–Kier alpha value is -3.75. The van der Waals surface area contributed by atoms with E-state index in [1.54, 1.807) is 24.5 Å². The second-order valence-electron chi connectivity index (χ2n) is 7.23. The Kier molecular flexibility index (Phi) is 7.90. The molecular weight excluding hydrogens is 551 g/mol. The third-order valence-electron chi connectivity index (χ3n) is 4.68. The fourth-order valence-corrected chi connectivity index (χ4v) is 4.21. The largest absolute Gasteiger partial charge is 0.417 e. The van der Waals surface area contributed by atoms with Gasteiger partial charge in [-0.1, -0.05) is 11.6 Å². The average Bonchev–Trinajstić information content (AvgIpc) is 3.34. The summed E-state index contributed by atoms with van der Waals surface area (Å²) in [4.78, 5) is 41.0. The van der Waals surface area contributed by atoms with Gasteiger partial charge < -0.3 is 16.0 Å². The summed E-state index contributed by atoms with van der Waals surface area (Å²) in [5.41, 5.74) is -0.431. The number of benzene rings is 1. The molecule has 1 aromatic carbocycles. The van der Waals surface area contributed by atoms with Crippen molar-refractivity contribution in [3.63, 3.8) is 0 Å². The van der Waals surface area contributed by atoms with Gasteiger partial charge in [-0.05, 0) is 30.3 Å². The molecule has 190 valence electrons. The second kappa shape index (κ2) is 11.1. The molecule has 0 aliphatic heterocycles. The smallest absolute Gasteiger partial charge is 0.344 e. The first-order valence-electron chi connectivity index (χ1n) is 10.2. The molecule has 3 aromatic heterocycles. The van der Waals surface area contributed by atoms with Crippen LogP contribution < -0.4 is 16.0 Å². The maximum Gasteiger partial charge on any atom is 0.417 e. The predicted molar refractivity (Wildman–Crippen MR) is 134 cm³/mol. The van der Waals surface area contributed by atoms with Crippen LogP contribution in [0, 0.1) is 0 Å². The van der Waals surface area contributed by atoms with Crippen molar-refractivity contribution in [3.8, 4) is 0 Å². The Labute approximate surface area is 222 Å². The van der Waals surface area contributed by atoms with Crippen LogP contribution in [0.25, 0.3) is 0 Å². The first-order chi connectivity index (χ1) is 17.6. The molecular formula is C22H15ClF3N7O2S2. The summed E-state index contributed by atoms with van der Waals surface area (Å²) in [6.45, 7) is -0.0448. The number of thiol groups is 1. The van der Waals surface area contributed by atoms with Crippen molar-refractivity contribution < 1.29 is 22.8 Å². The molecule has 0 bridgehead atoms. The van der Waals surface area contributed by atoms with Gasteiger partial charge in [-0.15, -0.1) is 24.0 Å². The highest BCUT2D eigenvalue weighted by Crippen LogP contribution is 2.35. The van der Waals surface area contributed by atoms with Gasteiger partial charge in [0.2, 0.25) is 0 Å². The topological polar surface area (TPSA) is 122 Å². The number of carbonyl (C=O) groups excluding carboxylic acids is 2. The van der Waals surface area contributed by atoms with Crippen molar-refractivity contribution in [3.05, 3.63) is 81.4 Å². The second-order valence-corrected chi connectivity index (χ2v) is 9.21. The number of nitrogens with one attached hydrogen (secondary N) is 3. The molecule has 0 spiro atoms. The summed E-state index contributed by atoms with van der Waals surface area (Å²) in [6.07, 6.45) is 0.973. The van der Waals surface area contributed by atoms with E-state index in [4.69, 9.17) is 11.6 Å². The number of hydrogen-bond acceptors (Lipinski definition) is 9. The van der Waals surface area contributed by atoms with Crippen LogP contribution in [0.1, 0.15) is 30.7 Å². The number of thiazole rings is 1. The summed E-state index contributed by atoms with van der Waals surface area (Å²) in [6, 6.07) is 6.63. The molecule has 0 unspecified atom stereocenters. The van der Waals surface area contributed by atoms with Crippen LogP contribution in [0.2, 0.25) is 5.02 Å². The van der Waals surface area contributed by atoms with Crippen molar-refractivity contribution in [1.82, 2.24) is 25.3 Å². The molecule has 2 amide bonds. The maximum atomic E-state index is 13.1. The van der Waals surface area contributed by atoms with Gasteiger partial charge in [-0.25, -0.2) is 15.0 Å². The number of carbonyl (C=O) groups is 2. The minimum atomic E-state index is -4.61. The first kappa shape index (κ1) is 26.3. The molecule has 0 saturated heterocycles. The van der Waals surface area contributed by atoms with Crippen LogP contribution >= 0.6 is 35.6 Å². The summed E-state index contributed by atoms with van der Waals surface area (Å²) in [5, 5.41) is 8.36. The Balaban J connectivity index is 1.38. The van der Waals surface area contributed by atoms with Gasteiger partial charge in [0.1, 0.15) is 21.2 Å². The number of amides is 2. The van der Waals surface area contributed by atoms with Crippen LogP contribution in [-0.4, -0.2) is 31.8 Å². The summed E-state index contributed by atoms with van der Waals surface area (Å²) in [5.74, 6) is -1.03. The van der Waals surface area contributed by atoms with E-state index < -0.39 is 23.6 Å². The van der Waals surface area contributed by atoms with E-state index in [2.05, 4.69) is 48.5 Å². The minimum Gasteiger partial charge on any atom is -0.344 e. The van der Waals surface area contributed by atoms with E-state index in [0.717, 1.165) is 23.5 Å². The van der Waals surface area contributed by atoms with Crippen molar-refractivity contribution in [2.45, 2.75) is 17.6 Å². The number of halogens is 4. The van der Waals surface area contributed by atoms with Crippen LogP contribution in [0.15, 0.2) is 60.1 Å². The summed E-state index contributed by atoms with van der Waals surface area (Å²) < 4.78 is 39.3. The fourth-order valence-electron chi connectivity index (χ4n) is 2.96. The molecule has 0 atom stereocenters. The normalized spacial score (nSPS) is 11.2. The molecule has 15 heteroatoms. The zero-order valence-electron chi connectivity index (χ0n) is 18.4. The highest BCUT2D eigenvalue weighted by Gasteiger charge is 2.33. The molecule has 0 aliphatic carbocycles. The lowest BCUT2D eigenvalue weighted by atomic mass is 10.2. The molecule has 3 heterocycles. The van der Waals surface area contributed by atoms with E-state index in [1.807, 2.05) is 0 Å². The Morgan fingerprint density at radius 3 is 2.51 bits per heavy atom. The molecule has 0 aliphatic rings. The quantitative estimate of drug-likeness (QED) is 0.227. The number of nitrogens with zero attached hydrogens (tertiary/aromatic N) is 4. The molecule has 4 aromatic rings. The van der Waals surface area contributed by atoms with Gasteiger partial charge in [-0.3, -0.25) is 14.6 Å². The minimum absolute atomic E-state index is 0.00137. The van der Waals surface area contributed by atoms with Gasteiger partial charge >= 0.3 is 6.18 Å². The standard InChI is InChI=1S/C22H15ClF3N7O2S2/c23-17-18(30-10-31-19(17)32-11-3-5-27-6-4-11)21(35)29-9-16-28-8-15(37-16)20(34)33-12-1-2-14(36)13(7-12)22(24,25)26/h1-8,10,36H,9H2,(H,29,35)(H,33,34)(H,27,30,31,32). The maximum absolute atomic E-state index is 13.1. The van der Waals surface area contributed by atoms with Gasteiger partial charge in [-0.2, -0.15) is 13.2 Å². The van der Waals surface area contributed by atoms with Crippen LogP contribution in [-0.2, 0) is 12.7 Å². The highest BCUT2D eigenvalue weighted by atomic mass is 35.5. The number of alkyl halides is 3. The Bertz CT molecular complexity index is 1450. The van der Waals surface area contributed by atoms with Gasteiger partial charge in [0.05, 0.1) is 18.3 Å². The summed E-state index contributed by atoms with van der Waals surface area (Å²) in [7, 11) is 0. The number of pyridine rings is 1. The first-order valence-corrected chi connectivity index (χ1v) is 11.9.